The molecule has 2 amide bonds. The van der Waals surface area contributed by atoms with E-state index in [-0.39, 0.29) is 12.6 Å². The fraction of sp³-hybridized carbons (Fsp3) is 0.118. The maximum Gasteiger partial charge on any atom is 0.319 e. The molecule has 112 valence electrons. The first-order valence-electron chi connectivity index (χ1n) is 6.98. The van der Waals surface area contributed by atoms with Gasteiger partial charge in [-0.1, -0.05) is 36.4 Å². The molecule has 3 N–H and O–H groups in total. The zero-order chi connectivity index (χ0) is 15.4. The van der Waals surface area contributed by atoms with Crippen molar-refractivity contribution in [3.05, 3.63) is 65.5 Å². The minimum absolute atomic E-state index is 0.166. The quantitative estimate of drug-likeness (QED) is 0.687. The van der Waals surface area contributed by atoms with Crippen LogP contribution in [0.1, 0.15) is 11.7 Å². The van der Waals surface area contributed by atoms with Gasteiger partial charge in [0, 0.05) is 22.5 Å². The van der Waals surface area contributed by atoms with E-state index in [1.165, 1.54) is 0 Å². The Morgan fingerprint density at radius 2 is 1.82 bits per heavy atom. The van der Waals surface area contributed by atoms with Crippen LogP contribution in [0.25, 0.3) is 10.1 Å². The van der Waals surface area contributed by atoms with Crippen molar-refractivity contribution in [1.29, 1.82) is 0 Å². The molecule has 1 unspecified atom stereocenters. The lowest BCUT2D eigenvalue weighted by Crippen LogP contribution is -2.32. The van der Waals surface area contributed by atoms with E-state index in [4.69, 9.17) is 0 Å². The van der Waals surface area contributed by atoms with Gasteiger partial charge in [0.15, 0.2) is 0 Å². The largest absolute Gasteiger partial charge is 0.387 e. The molecule has 4 nitrogen and oxygen atoms in total. The third-order valence-electron chi connectivity index (χ3n) is 3.36. The van der Waals surface area contributed by atoms with Crippen LogP contribution in [-0.2, 0) is 0 Å². The number of para-hydroxylation sites is 1. The number of aliphatic hydroxyl groups excluding tert-OH is 1. The van der Waals surface area contributed by atoms with Gasteiger partial charge in [-0.05, 0) is 29.0 Å². The minimum atomic E-state index is -0.724. The van der Waals surface area contributed by atoms with Crippen LogP contribution in [0.5, 0.6) is 0 Å². The highest BCUT2D eigenvalue weighted by atomic mass is 32.1. The summed E-state index contributed by atoms with van der Waals surface area (Å²) in [4.78, 5) is 11.8. The first kappa shape index (κ1) is 14.6. The molecule has 0 radical (unpaired) electrons. The molecule has 0 aliphatic heterocycles. The zero-order valence-corrected chi connectivity index (χ0v) is 12.6. The summed E-state index contributed by atoms with van der Waals surface area (Å²) in [5, 5.41) is 18.7. The molecule has 0 saturated heterocycles. The summed E-state index contributed by atoms with van der Waals surface area (Å²) in [5.41, 5.74) is 1.57. The molecule has 0 aliphatic rings. The molecule has 0 saturated carbocycles. The van der Waals surface area contributed by atoms with Crippen LogP contribution in [0, 0.1) is 0 Å². The van der Waals surface area contributed by atoms with Crippen molar-refractivity contribution in [3.63, 3.8) is 0 Å². The highest BCUT2D eigenvalue weighted by Crippen LogP contribution is 2.29. The Labute approximate surface area is 132 Å². The summed E-state index contributed by atoms with van der Waals surface area (Å²) in [6.45, 7) is 0.166. The molecule has 0 fully saturated rings. The van der Waals surface area contributed by atoms with Gasteiger partial charge in [0.2, 0.25) is 0 Å². The molecule has 3 rings (SSSR count). The lowest BCUT2D eigenvalue weighted by Gasteiger charge is -2.12. The Morgan fingerprint density at radius 3 is 2.64 bits per heavy atom. The van der Waals surface area contributed by atoms with Gasteiger partial charge in [-0.2, -0.15) is 0 Å². The third-order valence-corrected chi connectivity index (χ3v) is 4.34. The van der Waals surface area contributed by atoms with E-state index in [1.807, 2.05) is 60.0 Å². The van der Waals surface area contributed by atoms with E-state index in [9.17, 15) is 9.90 Å². The normalized spacial score (nSPS) is 12.0. The van der Waals surface area contributed by atoms with Gasteiger partial charge < -0.3 is 15.7 Å². The lowest BCUT2D eigenvalue weighted by molar-refractivity contribution is 0.177. The van der Waals surface area contributed by atoms with Crippen molar-refractivity contribution in [3.8, 4) is 0 Å². The highest BCUT2D eigenvalue weighted by molar-refractivity contribution is 7.17. The fourth-order valence-electron chi connectivity index (χ4n) is 2.25. The van der Waals surface area contributed by atoms with Crippen molar-refractivity contribution in [2.45, 2.75) is 6.10 Å². The van der Waals surface area contributed by atoms with Gasteiger partial charge >= 0.3 is 6.03 Å². The van der Waals surface area contributed by atoms with Crippen LogP contribution in [0.2, 0.25) is 0 Å². The summed E-state index contributed by atoms with van der Waals surface area (Å²) in [6, 6.07) is 16.8. The molecular formula is C17H16N2O2S. The van der Waals surface area contributed by atoms with Crippen molar-refractivity contribution >= 4 is 33.1 Å². The van der Waals surface area contributed by atoms with E-state index in [0.717, 1.165) is 21.3 Å². The number of hydrogen-bond acceptors (Lipinski definition) is 3. The van der Waals surface area contributed by atoms with Crippen LogP contribution in [0.3, 0.4) is 0 Å². The molecule has 0 spiro atoms. The number of anilines is 1. The predicted molar refractivity (Wildman–Crippen MR) is 90.2 cm³/mol. The van der Waals surface area contributed by atoms with Gasteiger partial charge in [-0.25, -0.2) is 4.79 Å². The Hall–Kier alpha value is -2.37. The van der Waals surface area contributed by atoms with Crippen molar-refractivity contribution in [2.75, 3.05) is 11.9 Å². The number of fused-ring (bicyclic) bond motifs is 1. The summed E-state index contributed by atoms with van der Waals surface area (Å²) in [5.74, 6) is 0. The second-order valence-corrected chi connectivity index (χ2v) is 5.82. The van der Waals surface area contributed by atoms with Crippen LogP contribution in [0.4, 0.5) is 10.5 Å². The minimum Gasteiger partial charge on any atom is -0.387 e. The van der Waals surface area contributed by atoms with E-state index in [0.29, 0.717) is 0 Å². The summed E-state index contributed by atoms with van der Waals surface area (Å²) in [7, 11) is 0. The average Bonchev–Trinajstić information content (AvgIpc) is 2.98. The number of amides is 2. The van der Waals surface area contributed by atoms with Gasteiger partial charge in [-0.3, -0.25) is 0 Å². The molecule has 1 heterocycles. The molecule has 1 atom stereocenters. The average molecular weight is 312 g/mol. The van der Waals surface area contributed by atoms with E-state index < -0.39 is 6.10 Å². The van der Waals surface area contributed by atoms with E-state index >= 15 is 0 Å². The van der Waals surface area contributed by atoms with Gasteiger partial charge in [0.05, 0.1) is 6.10 Å². The summed E-state index contributed by atoms with van der Waals surface area (Å²) in [6.07, 6.45) is -0.724. The smallest absolute Gasteiger partial charge is 0.319 e. The Kier molecular flexibility index (Phi) is 4.37. The van der Waals surface area contributed by atoms with Crippen molar-refractivity contribution < 1.29 is 9.90 Å². The molecule has 5 heteroatoms. The van der Waals surface area contributed by atoms with Crippen LogP contribution < -0.4 is 10.6 Å². The maximum absolute atomic E-state index is 11.8. The first-order valence-corrected chi connectivity index (χ1v) is 7.86. The monoisotopic (exact) mass is 312 g/mol. The van der Waals surface area contributed by atoms with Crippen molar-refractivity contribution in [1.82, 2.24) is 5.32 Å². The number of rotatable bonds is 4. The van der Waals surface area contributed by atoms with Gasteiger partial charge in [0.25, 0.3) is 0 Å². The highest BCUT2D eigenvalue weighted by Gasteiger charge is 2.14. The van der Waals surface area contributed by atoms with Crippen molar-refractivity contribution in [2.24, 2.45) is 0 Å². The topological polar surface area (TPSA) is 61.4 Å². The SMILES string of the molecule is O=C(NCC(O)c1csc2ccccc12)Nc1ccccc1. The number of hydrogen-bond donors (Lipinski definition) is 3. The number of thiophene rings is 1. The molecule has 0 bridgehead atoms. The van der Waals surface area contributed by atoms with Crippen LogP contribution in [0.15, 0.2) is 60.0 Å². The number of carbonyl (C=O) groups is 1. The number of aliphatic hydroxyl groups is 1. The molecular weight excluding hydrogens is 296 g/mol. The Balaban J connectivity index is 1.60. The molecule has 1 aromatic heterocycles. The third kappa shape index (κ3) is 3.27. The maximum atomic E-state index is 11.8. The fourth-order valence-corrected chi connectivity index (χ4v) is 3.26. The molecule has 22 heavy (non-hydrogen) atoms. The molecule has 0 aliphatic carbocycles. The number of nitrogens with one attached hydrogen (secondary N) is 2. The lowest BCUT2D eigenvalue weighted by atomic mass is 10.1. The Morgan fingerprint density at radius 1 is 1.09 bits per heavy atom. The second-order valence-electron chi connectivity index (χ2n) is 4.90. The zero-order valence-electron chi connectivity index (χ0n) is 11.8. The van der Waals surface area contributed by atoms with Crippen LogP contribution >= 0.6 is 11.3 Å². The number of urea groups is 1. The van der Waals surface area contributed by atoms with E-state index in [1.54, 1.807) is 11.3 Å². The number of carbonyl (C=O) groups excluding carboxylic acids is 1. The number of benzene rings is 2. The summed E-state index contributed by atoms with van der Waals surface area (Å²) >= 11 is 1.59. The first-order chi connectivity index (χ1) is 10.7. The Bertz CT molecular complexity index is 770. The molecule has 3 aromatic rings. The van der Waals surface area contributed by atoms with Gasteiger partial charge in [-0.15, -0.1) is 11.3 Å². The second kappa shape index (κ2) is 6.60. The summed E-state index contributed by atoms with van der Waals surface area (Å²) < 4.78 is 1.13. The van der Waals surface area contributed by atoms with E-state index in [2.05, 4.69) is 10.6 Å². The van der Waals surface area contributed by atoms with Gasteiger partial charge in [0.1, 0.15) is 0 Å². The van der Waals surface area contributed by atoms with Crippen LogP contribution in [-0.4, -0.2) is 17.7 Å². The predicted octanol–water partition coefficient (Wildman–Crippen LogP) is 3.76. The molecule has 2 aromatic carbocycles. The standard InChI is InChI=1S/C17H16N2O2S/c20-15(14-11-22-16-9-5-4-8-13(14)16)10-18-17(21)19-12-6-2-1-3-7-12/h1-9,11,15,20H,10H2,(H2,18,19,21).